The summed E-state index contributed by atoms with van der Waals surface area (Å²) >= 11 is 0. The van der Waals surface area contributed by atoms with Gasteiger partial charge in [-0.15, -0.1) is 0 Å². The Morgan fingerprint density at radius 2 is 2.13 bits per heavy atom. The molecular weight excluding hydrogens is 186 g/mol. The summed E-state index contributed by atoms with van der Waals surface area (Å²) in [5.74, 6) is -0.858. The third-order valence-electron chi connectivity index (χ3n) is 2.17. The molecule has 0 spiro atoms. The highest BCUT2D eigenvalue weighted by molar-refractivity contribution is 5.48. The number of nitrogens with one attached hydrogen (secondary N) is 1. The Morgan fingerprint density at radius 1 is 1.47 bits per heavy atom. The highest BCUT2D eigenvalue weighted by atomic mass is 15.2. The molecule has 0 bridgehead atoms. The molecule has 3 nitrogen and oxygen atoms in total. The molecule has 0 aromatic heterocycles. The van der Waals surface area contributed by atoms with Crippen molar-refractivity contribution in [3.05, 3.63) is 42.0 Å². The Labute approximate surface area is 91.2 Å². The third kappa shape index (κ3) is 3.83. The molecule has 0 saturated heterocycles. The van der Waals surface area contributed by atoms with E-state index in [-0.39, 0.29) is 6.04 Å². The predicted molar refractivity (Wildman–Crippen MR) is 64.9 cm³/mol. The van der Waals surface area contributed by atoms with Gasteiger partial charge in [-0.2, -0.15) is 0 Å². The molecule has 1 rings (SSSR count). The monoisotopic (exact) mass is 205 g/mol. The van der Waals surface area contributed by atoms with Gasteiger partial charge < -0.3 is 11.5 Å². The van der Waals surface area contributed by atoms with Crippen LogP contribution < -0.4 is 16.8 Å². The second-order valence-electron chi connectivity index (χ2n) is 4.02. The first-order valence-corrected chi connectivity index (χ1v) is 5.00. The number of hydrogen-bond donors (Lipinski definition) is 3. The molecule has 1 unspecified atom stereocenters. The first kappa shape index (κ1) is 11.9. The van der Waals surface area contributed by atoms with Crippen LogP contribution in [-0.4, -0.2) is 5.79 Å². The summed E-state index contributed by atoms with van der Waals surface area (Å²) in [6.07, 6.45) is 1.82. The fourth-order valence-corrected chi connectivity index (χ4v) is 1.51. The largest absolute Gasteiger partial charge is 0.301 e. The van der Waals surface area contributed by atoms with Crippen molar-refractivity contribution in [3.63, 3.8) is 0 Å². The van der Waals surface area contributed by atoms with Crippen molar-refractivity contribution in [2.75, 3.05) is 0 Å². The van der Waals surface area contributed by atoms with Crippen molar-refractivity contribution in [1.29, 1.82) is 0 Å². The molecule has 1 atom stereocenters. The van der Waals surface area contributed by atoms with Crippen molar-refractivity contribution in [2.24, 2.45) is 11.5 Å². The summed E-state index contributed by atoms with van der Waals surface area (Å²) < 4.78 is 0. The second-order valence-corrected chi connectivity index (χ2v) is 4.02. The van der Waals surface area contributed by atoms with Crippen LogP contribution in [0, 0.1) is 0 Å². The van der Waals surface area contributed by atoms with E-state index >= 15 is 0 Å². The van der Waals surface area contributed by atoms with Gasteiger partial charge in [-0.25, -0.2) is 0 Å². The molecule has 0 aliphatic heterocycles. The standard InChI is InChI=1S/C12H19N3/c1-4-10-6-5-7-11(8-10)9(2)15-12(3,13)14/h4-9,15H,1,13-14H2,2-3H3. The Morgan fingerprint density at radius 3 is 2.67 bits per heavy atom. The van der Waals surface area contributed by atoms with Crippen molar-refractivity contribution in [3.8, 4) is 0 Å². The molecule has 0 fully saturated rings. The lowest BCUT2D eigenvalue weighted by Gasteiger charge is -2.26. The summed E-state index contributed by atoms with van der Waals surface area (Å²) in [5.41, 5.74) is 13.6. The maximum absolute atomic E-state index is 5.69. The lowest BCUT2D eigenvalue weighted by atomic mass is 10.0. The lowest BCUT2D eigenvalue weighted by molar-refractivity contribution is 0.341. The van der Waals surface area contributed by atoms with E-state index in [1.54, 1.807) is 6.92 Å². The molecule has 0 heterocycles. The Kier molecular flexibility index (Phi) is 3.63. The fourth-order valence-electron chi connectivity index (χ4n) is 1.51. The highest BCUT2D eigenvalue weighted by Gasteiger charge is 2.15. The van der Waals surface area contributed by atoms with Crippen molar-refractivity contribution in [2.45, 2.75) is 25.7 Å². The minimum atomic E-state index is -0.858. The summed E-state index contributed by atoms with van der Waals surface area (Å²) in [6.45, 7) is 7.50. The zero-order chi connectivity index (χ0) is 11.5. The quantitative estimate of drug-likeness (QED) is 0.654. The van der Waals surface area contributed by atoms with Gasteiger partial charge in [-0.1, -0.05) is 36.9 Å². The lowest BCUT2D eigenvalue weighted by Crippen LogP contribution is -2.59. The molecule has 15 heavy (non-hydrogen) atoms. The van der Waals surface area contributed by atoms with Crippen LogP contribution >= 0.6 is 0 Å². The highest BCUT2D eigenvalue weighted by Crippen LogP contribution is 2.15. The minimum absolute atomic E-state index is 0.116. The normalized spacial score (nSPS) is 13.6. The van der Waals surface area contributed by atoms with Gasteiger partial charge >= 0.3 is 0 Å². The van der Waals surface area contributed by atoms with E-state index in [9.17, 15) is 0 Å². The Bertz CT molecular complexity index is 339. The molecule has 0 saturated carbocycles. The Hall–Kier alpha value is -1.16. The van der Waals surface area contributed by atoms with E-state index in [1.165, 1.54) is 0 Å². The Balaban J connectivity index is 2.81. The fraction of sp³-hybridized carbons (Fsp3) is 0.333. The van der Waals surface area contributed by atoms with E-state index in [0.29, 0.717) is 0 Å². The van der Waals surface area contributed by atoms with Crippen LogP contribution in [0.25, 0.3) is 6.08 Å². The van der Waals surface area contributed by atoms with Gasteiger partial charge in [0, 0.05) is 6.04 Å². The molecule has 0 aliphatic rings. The summed E-state index contributed by atoms with van der Waals surface area (Å²) in [4.78, 5) is 0. The van der Waals surface area contributed by atoms with Crippen LogP contribution in [0.3, 0.4) is 0 Å². The van der Waals surface area contributed by atoms with Gasteiger partial charge in [-0.3, -0.25) is 5.32 Å². The van der Waals surface area contributed by atoms with Gasteiger partial charge in [0.1, 0.15) is 5.79 Å². The molecule has 0 radical (unpaired) electrons. The van der Waals surface area contributed by atoms with E-state index in [1.807, 2.05) is 31.2 Å². The number of hydrogen-bond acceptors (Lipinski definition) is 3. The number of nitrogens with two attached hydrogens (primary N) is 2. The smallest absolute Gasteiger partial charge is 0.115 e. The molecular formula is C12H19N3. The van der Waals surface area contributed by atoms with E-state index < -0.39 is 5.79 Å². The van der Waals surface area contributed by atoms with E-state index in [0.717, 1.165) is 11.1 Å². The maximum Gasteiger partial charge on any atom is 0.115 e. The van der Waals surface area contributed by atoms with Crippen molar-refractivity contribution < 1.29 is 0 Å². The number of benzene rings is 1. The SMILES string of the molecule is C=Cc1cccc(C(C)NC(C)(N)N)c1. The molecule has 82 valence electrons. The van der Waals surface area contributed by atoms with Crippen LogP contribution in [0.15, 0.2) is 30.8 Å². The molecule has 0 amide bonds. The topological polar surface area (TPSA) is 64.1 Å². The summed E-state index contributed by atoms with van der Waals surface area (Å²) in [7, 11) is 0. The summed E-state index contributed by atoms with van der Waals surface area (Å²) in [5, 5.41) is 3.11. The molecule has 0 aliphatic carbocycles. The zero-order valence-electron chi connectivity index (χ0n) is 9.33. The molecule has 1 aromatic rings. The zero-order valence-corrected chi connectivity index (χ0v) is 9.33. The number of rotatable bonds is 4. The first-order valence-electron chi connectivity index (χ1n) is 5.00. The molecule has 3 heteroatoms. The van der Waals surface area contributed by atoms with Crippen LogP contribution in [0.5, 0.6) is 0 Å². The first-order chi connectivity index (χ1) is 6.92. The minimum Gasteiger partial charge on any atom is -0.301 e. The summed E-state index contributed by atoms with van der Waals surface area (Å²) in [6, 6.07) is 8.22. The average Bonchev–Trinajstić information content (AvgIpc) is 2.15. The van der Waals surface area contributed by atoms with E-state index in [2.05, 4.69) is 18.0 Å². The van der Waals surface area contributed by atoms with Crippen LogP contribution in [0.4, 0.5) is 0 Å². The van der Waals surface area contributed by atoms with Crippen molar-refractivity contribution in [1.82, 2.24) is 5.32 Å². The molecule has 5 N–H and O–H groups in total. The maximum atomic E-state index is 5.69. The van der Waals surface area contributed by atoms with Gasteiger partial charge in [0.15, 0.2) is 0 Å². The van der Waals surface area contributed by atoms with Crippen LogP contribution in [0.2, 0.25) is 0 Å². The predicted octanol–water partition coefficient (Wildman–Crippen LogP) is 1.57. The van der Waals surface area contributed by atoms with Gasteiger partial charge in [0.2, 0.25) is 0 Å². The second kappa shape index (κ2) is 4.57. The van der Waals surface area contributed by atoms with E-state index in [4.69, 9.17) is 11.5 Å². The van der Waals surface area contributed by atoms with Gasteiger partial charge in [0.25, 0.3) is 0 Å². The van der Waals surface area contributed by atoms with Crippen LogP contribution in [-0.2, 0) is 0 Å². The van der Waals surface area contributed by atoms with Gasteiger partial charge in [-0.05, 0) is 25.0 Å². The van der Waals surface area contributed by atoms with Crippen LogP contribution in [0.1, 0.15) is 31.0 Å². The third-order valence-corrected chi connectivity index (χ3v) is 2.17. The van der Waals surface area contributed by atoms with Crippen molar-refractivity contribution >= 4 is 6.08 Å². The van der Waals surface area contributed by atoms with Gasteiger partial charge in [0.05, 0.1) is 0 Å². The average molecular weight is 205 g/mol. The molecule has 1 aromatic carbocycles.